The van der Waals surface area contributed by atoms with Gasteiger partial charge in [0.25, 0.3) is 0 Å². The summed E-state index contributed by atoms with van der Waals surface area (Å²) >= 11 is 2.06. The molecule has 88 valence electrons. The molecule has 3 atom stereocenters. The average molecular weight is 228 g/mol. The molecule has 1 heterocycles. The van der Waals surface area contributed by atoms with Gasteiger partial charge in [0.15, 0.2) is 0 Å². The van der Waals surface area contributed by atoms with Gasteiger partial charge in [0.05, 0.1) is 0 Å². The van der Waals surface area contributed by atoms with E-state index in [-0.39, 0.29) is 0 Å². The summed E-state index contributed by atoms with van der Waals surface area (Å²) in [6.07, 6.45) is 6.27. The predicted molar refractivity (Wildman–Crippen MR) is 68.3 cm³/mol. The Morgan fingerprint density at radius 3 is 2.60 bits per heavy atom. The number of hydrogen-bond donors (Lipinski definition) is 1. The Kier molecular flexibility index (Phi) is 3.34. The van der Waals surface area contributed by atoms with E-state index in [1.807, 2.05) is 0 Å². The second kappa shape index (κ2) is 4.27. The van der Waals surface area contributed by atoms with Crippen molar-refractivity contribution >= 4 is 11.8 Å². The third-order valence-corrected chi connectivity index (χ3v) is 5.90. The molecule has 0 spiro atoms. The second-order valence-electron chi connectivity index (χ2n) is 5.41. The number of likely N-dealkylation sites (tertiary alicyclic amines) is 1. The highest BCUT2D eigenvalue weighted by Crippen LogP contribution is 2.48. The lowest BCUT2D eigenvalue weighted by molar-refractivity contribution is 0.0967. The van der Waals surface area contributed by atoms with Crippen molar-refractivity contribution in [3.05, 3.63) is 0 Å². The standard InChI is InChI=1S/C12H24N2S/c1-9-10(2)14(7-4-11(9)13)8-12(15-3)5-6-12/h9-11H,4-8,13H2,1-3H3. The van der Waals surface area contributed by atoms with Crippen molar-refractivity contribution in [2.75, 3.05) is 19.3 Å². The first-order chi connectivity index (χ1) is 7.08. The first kappa shape index (κ1) is 11.7. The normalized spacial score (nSPS) is 40.4. The van der Waals surface area contributed by atoms with Crippen molar-refractivity contribution in [1.29, 1.82) is 0 Å². The lowest BCUT2D eigenvalue weighted by Crippen LogP contribution is -2.53. The smallest absolute Gasteiger partial charge is 0.0285 e. The number of hydrogen-bond acceptors (Lipinski definition) is 3. The minimum atomic E-state index is 0.417. The largest absolute Gasteiger partial charge is 0.327 e. The molecule has 2 N–H and O–H groups in total. The molecule has 2 aliphatic rings. The van der Waals surface area contributed by atoms with E-state index in [9.17, 15) is 0 Å². The molecule has 0 amide bonds. The van der Waals surface area contributed by atoms with Crippen molar-refractivity contribution < 1.29 is 0 Å². The van der Waals surface area contributed by atoms with E-state index in [1.165, 1.54) is 32.4 Å². The zero-order valence-corrected chi connectivity index (χ0v) is 11.0. The van der Waals surface area contributed by atoms with Gasteiger partial charge in [0, 0.05) is 23.4 Å². The van der Waals surface area contributed by atoms with Crippen molar-refractivity contribution in [2.24, 2.45) is 11.7 Å². The summed E-state index contributed by atoms with van der Waals surface area (Å²) in [6.45, 7) is 7.14. The molecule has 1 saturated carbocycles. The second-order valence-corrected chi connectivity index (χ2v) is 6.68. The molecule has 2 nitrogen and oxygen atoms in total. The van der Waals surface area contributed by atoms with Crippen molar-refractivity contribution in [3.8, 4) is 0 Å². The van der Waals surface area contributed by atoms with Crippen LogP contribution in [0.4, 0.5) is 0 Å². The highest BCUT2D eigenvalue weighted by Gasteiger charge is 2.45. The van der Waals surface area contributed by atoms with Crippen molar-refractivity contribution in [2.45, 2.75) is 49.9 Å². The average Bonchev–Trinajstić information content (AvgIpc) is 3.00. The molecule has 1 aliphatic heterocycles. The predicted octanol–water partition coefficient (Wildman–Crippen LogP) is 1.94. The zero-order valence-electron chi connectivity index (χ0n) is 10.2. The van der Waals surface area contributed by atoms with E-state index in [0.29, 0.717) is 22.7 Å². The maximum Gasteiger partial charge on any atom is 0.0285 e. The van der Waals surface area contributed by atoms with Gasteiger partial charge in [-0.05, 0) is 44.9 Å². The van der Waals surface area contributed by atoms with E-state index in [0.717, 1.165) is 0 Å². The van der Waals surface area contributed by atoms with Crippen LogP contribution in [-0.4, -0.2) is 41.1 Å². The molecule has 3 unspecified atom stereocenters. The third-order valence-electron chi connectivity index (χ3n) is 4.49. The fraction of sp³-hybridized carbons (Fsp3) is 1.00. The van der Waals surface area contributed by atoms with Gasteiger partial charge >= 0.3 is 0 Å². The highest BCUT2D eigenvalue weighted by molar-refractivity contribution is 8.00. The Morgan fingerprint density at radius 1 is 1.40 bits per heavy atom. The van der Waals surface area contributed by atoms with Crippen molar-refractivity contribution in [3.63, 3.8) is 0 Å². The Balaban J connectivity index is 1.92. The van der Waals surface area contributed by atoms with Gasteiger partial charge in [-0.2, -0.15) is 11.8 Å². The van der Waals surface area contributed by atoms with Crippen LogP contribution in [-0.2, 0) is 0 Å². The summed E-state index contributed by atoms with van der Waals surface area (Å²) in [5.74, 6) is 0.649. The molecule has 0 radical (unpaired) electrons. The molecule has 3 heteroatoms. The molecule has 2 fully saturated rings. The topological polar surface area (TPSA) is 29.3 Å². The highest BCUT2D eigenvalue weighted by atomic mass is 32.2. The summed E-state index contributed by atoms with van der Waals surface area (Å²) in [4.78, 5) is 2.66. The SMILES string of the molecule is CSC1(CN2CCC(N)C(C)C2C)CC1. The summed E-state index contributed by atoms with van der Waals surface area (Å²) in [5.41, 5.74) is 6.11. The Bertz CT molecular complexity index is 228. The molecule has 0 bridgehead atoms. The zero-order chi connectivity index (χ0) is 11.1. The molecule has 0 aromatic carbocycles. The van der Waals surface area contributed by atoms with E-state index in [1.54, 1.807) is 0 Å². The maximum atomic E-state index is 6.11. The quantitative estimate of drug-likeness (QED) is 0.800. The molecule has 15 heavy (non-hydrogen) atoms. The molecule has 0 aromatic rings. The molecule has 0 aromatic heterocycles. The number of thioether (sulfide) groups is 1. The molecule has 2 rings (SSSR count). The first-order valence-corrected chi connectivity index (χ1v) is 7.35. The van der Waals surface area contributed by atoms with Crippen LogP contribution in [0.3, 0.4) is 0 Å². The molecular weight excluding hydrogens is 204 g/mol. The molecule has 1 aliphatic carbocycles. The van der Waals surface area contributed by atoms with Gasteiger partial charge in [0.2, 0.25) is 0 Å². The van der Waals surface area contributed by atoms with Crippen LogP contribution in [0.5, 0.6) is 0 Å². The van der Waals surface area contributed by atoms with Crippen LogP contribution in [0.25, 0.3) is 0 Å². The number of nitrogens with zero attached hydrogens (tertiary/aromatic N) is 1. The summed E-state index contributed by atoms with van der Waals surface area (Å²) in [6, 6.07) is 1.08. The summed E-state index contributed by atoms with van der Waals surface area (Å²) < 4.78 is 0.607. The van der Waals surface area contributed by atoms with Crippen LogP contribution in [0.2, 0.25) is 0 Å². The van der Waals surface area contributed by atoms with E-state index >= 15 is 0 Å². The number of nitrogens with two attached hydrogens (primary N) is 1. The fourth-order valence-corrected chi connectivity index (χ4v) is 3.44. The minimum absolute atomic E-state index is 0.417. The van der Waals surface area contributed by atoms with Gasteiger partial charge < -0.3 is 5.73 Å². The molecular formula is C12H24N2S. The fourth-order valence-electron chi connectivity index (χ4n) is 2.63. The van der Waals surface area contributed by atoms with Gasteiger partial charge in [0.1, 0.15) is 0 Å². The molecule has 1 saturated heterocycles. The minimum Gasteiger partial charge on any atom is -0.327 e. The van der Waals surface area contributed by atoms with E-state index < -0.39 is 0 Å². The number of rotatable bonds is 3. The van der Waals surface area contributed by atoms with Crippen LogP contribution >= 0.6 is 11.8 Å². The maximum absolute atomic E-state index is 6.11. The lowest BCUT2D eigenvalue weighted by atomic mass is 9.87. The van der Waals surface area contributed by atoms with E-state index in [4.69, 9.17) is 5.73 Å². The lowest BCUT2D eigenvalue weighted by Gasteiger charge is -2.42. The van der Waals surface area contributed by atoms with Crippen LogP contribution < -0.4 is 5.73 Å². The Morgan fingerprint density at radius 2 is 2.07 bits per heavy atom. The van der Waals surface area contributed by atoms with Crippen molar-refractivity contribution in [1.82, 2.24) is 4.90 Å². The van der Waals surface area contributed by atoms with Gasteiger partial charge in [-0.1, -0.05) is 6.92 Å². The van der Waals surface area contributed by atoms with E-state index in [2.05, 4.69) is 36.8 Å². The van der Waals surface area contributed by atoms with Gasteiger partial charge in [-0.15, -0.1) is 0 Å². The van der Waals surface area contributed by atoms with Crippen LogP contribution in [0.1, 0.15) is 33.1 Å². The monoisotopic (exact) mass is 228 g/mol. The third kappa shape index (κ3) is 2.34. The van der Waals surface area contributed by atoms with Crippen LogP contribution in [0, 0.1) is 5.92 Å². The van der Waals surface area contributed by atoms with Gasteiger partial charge in [-0.3, -0.25) is 4.90 Å². The van der Waals surface area contributed by atoms with Crippen LogP contribution in [0.15, 0.2) is 0 Å². The Hall–Kier alpha value is 0.270. The summed E-state index contributed by atoms with van der Waals surface area (Å²) in [5, 5.41) is 0. The first-order valence-electron chi connectivity index (χ1n) is 6.13. The van der Waals surface area contributed by atoms with Gasteiger partial charge in [-0.25, -0.2) is 0 Å². The Labute approximate surface area is 98.0 Å². The summed E-state index contributed by atoms with van der Waals surface area (Å²) in [7, 11) is 0. The number of piperidine rings is 1.